The molecule has 7 heteroatoms. The SMILES string of the molecule is O=C1c2cc(O)ccc2-n2cnc(-c3cnco3)c2[C@@H]2CCCN12. The Balaban J connectivity index is 1.82. The molecule has 3 aromatic rings. The average molecular weight is 322 g/mol. The lowest BCUT2D eigenvalue weighted by Gasteiger charge is -2.22. The molecule has 0 spiro atoms. The van der Waals surface area contributed by atoms with Crippen LogP contribution in [0, 0.1) is 0 Å². The number of carbonyl (C=O) groups is 1. The van der Waals surface area contributed by atoms with Gasteiger partial charge in [0, 0.05) is 6.54 Å². The van der Waals surface area contributed by atoms with Crippen LogP contribution in [0.25, 0.3) is 17.1 Å². The van der Waals surface area contributed by atoms with Crippen molar-refractivity contribution in [2.75, 3.05) is 6.54 Å². The van der Waals surface area contributed by atoms with E-state index in [2.05, 4.69) is 9.97 Å². The predicted octanol–water partition coefficient (Wildman–Crippen LogP) is 2.52. The molecule has 24 heavy (non-hydrogen) atoms. The van der Waals surface area contributed by atoms with Crippen LogP contribution < -0.4 is 0 Å². The van der Waals surface area contributed by atoms with E-state index in [9.17, 15) is 9.90 Å². The summed E-state index contributed by atoms with van der Waals surface area (Å²) in [7, 11) is 0. The summed E-state index contributed by atoms with van der Waals surface area (Å²) in [6, 6.07) is 4.80. The fourth-order valence-electron chi connectivity index (χ4n) is 3.74. The summed E-state index contributed by atoms with van der Waals surface area (Å²) in [5.41, 5.74) is 2.85. The first-order valence-electron chi connectivity index (χ1n) is 7.84. The fourth-order valence-corrected chi connectivity index (χ4v) is 3.74. The number of hydrogen-bond acceptors (Lipinski definition) is 5. The molecule has 1 atom stereocenters. The Hall–Kier alpha value is -3.09. The van der Waals surface area contributed by atoms with Crippen molar-refractivity contribution < 1.29 is 14.3 Å². The molecule has 0 aliphatic carbocycles. The second kappa shape index (κ2) is 4.70. The molecule has 0 radical (unpaired) electrons. The van der Waals surface area contributed by atoms with Crippen LogP contribution in [-0.4, -0.2) is 37.0 Å². The molecule has 1 saturated heterocycles. The Labute approximate surface area is 137 Å². The van der Waals surface area contributed by atoms with Crippen LogP contribution in [0.3, 0.4) is 0 Å². The average Bonchev–Trinajstić information content (AvgIpc) is 3.31. The predicted molar refractivity (Wildman–Crippen MR) is 83.7 cm³/mol. The van der Waals surface area contributed by atoms with Gasteiger partial charge in [0.15, 0.2) is 12.2 Å². The number of phenolic OH excluding ortho intramolecular Hbond substituents is 1. The third kappa shape index (κ3) is 1.69. The molecular formula is C17H14N4O3. The summed E-state index contributed by atoms with van der Waals surface area (Å²) in [5.74, 6) is 0.609. The van der Waals surface area contributed by atoms with Crippen LogP contribution in [0.4, 0.5) is 0 Å². The van der Waals surface area contributed by atoms with Crippen molar-refractivity contribution in [1.82, 2.24) is 19.4 Å². The molecule has 1 aromatic carbocycles. The lowest BCUT2D eigenvalue weighted by Crippen LogP contribution is -2.29. The van der Waals surface area contributed by atoms with Crippen molar-refractivity contribution in [3.8, 4) is 22.9 Å². The van der Waals surface area contributed by atoms with Crippen molar-refractivity contribution in [2.24, 2.45) is 0 Å². The van der Waals surface area contributed by atoms with Crippen molar-refractivity contribution in [3.63, 3.8) is 0 Å². The summed E-state index contributed by atoms with van der Waals surface area (Å²) < 4.78 is 7.37. The maximum absolute atomic E-state index is 13.0. The summed E-state index contributed by atoms with van der Waals surface area (Å²) in [5, 5.41) is 9.82. The van der Waals surface area contributed by atoms with Gasteiger partial charge >= 0.3 is 0 Å². The van der Waals surface area contributed by atoms with Crippen LogP contribution >= 0.6 is 0 Å². The number of fused-ring (bicyclic) bond motifs is 5. The van der Waals surface area contributed by atoms with Gasteiger partial charge in [0.05, 0.1) is 29.2 Å². The first-order chi connectivity index (χ1) is 11.7. The lowest BCUT2D eigenvalue weighted by molar-refractivity contribution is 0.0738. The first-order valence-corrected chi connectivity index (χ1v) is 7.84. The standard InChI is InChI=1S/C17H14N4O3/c22-10-3-4-12-11(6-10)17(23)20-5-1-2-13(20)16-15(19-8-21(12)16)14-7-18-9-24-14/h3-4,6-9,13,22H,1-2,5H2/t13-/m0/s1. The van der Waals surface area contributed by atoms with Gasteiger partial charge in [-0.05, 0) is 31.0 Å². The summed E-state index contributed by atoms with van der Waals surface area (Å²) >= 11 is 0. The van der Waals surface area contributed by atoms with Crippen molar-refractivity contribution in [2.45, 2.75) is 18.9 Å². The number of aromatic nitrogens is 3. The van der Waals surface area contributed by atoms with E-state index < -0.39 is 0 Å². The Morgan fingerprint density at radius 2 is 2.25 bits per heavy atom. The number of hydrogen-bond donors (Lipinski definition) is 1. The van der Waals surface area contributed by atoms with Crippen LogP contribution in [0.2, 0.25) is 0 Å². The Morgan fingerprint density at radius 1 is 1.33 bits per heavy atom. The highest BCUT2D eigenvalue weighted by Gasteiger charge is 2.39. The van der Waals surface area contributed by atoms with Crippen LogP contribution in [0.5, 0.6) is 5.75 Å². The topological polar surface area (TPSA) is 84.4 Å². The maximum atomic E-state index is 13.0. The van der Waals surface area contributed by atoms with Gasteiger partial charge < -0.3 is 14.4 Å². The monoisotopic (exact) mass is 322 g/mol. The first kappa shape index (κ1) is 13.4. The molecule has 1 N–H and O–H groups in total. The van der Waals surface area contributed by atoms with Gasteiger partial charge in [-0.3, -0.25) is 9.36 Å². The zero-order valence-electron chi connectivity index (χ0n) is 12.7. The molecule has 0 saturated carbocycles. The molecule has 1 amide bonds. The minimum Gasteiger partial charge on any atom is -0.508 e. The largest absolute Gasteiger partial charge is 0.508 e. The van der Waals surface area contributed by atoms with E-state index in [-0.39, 0.29) is 17.7 Å². The van der Waals surface area contributed by atoms with E-state index in [0.29, 0.717) is 23.6 Å². The summed E-state index contributed by atoms with van der Waals surface area (Å²) in [6.45, 7) is 0.694. The highest BCUT2D eigenvalue weighted by molar-refractivity contribution is 5.99. The van der Waals surface area contributed by atoms with Gasteiger partial charge in [0.2, 0.25) is 0 Å². The maximum Gasteiger partial charge on any atom is 0.256 e. The lowest BCUT2D eigenvalue weighted by atomic mass is 10.1. The Kier molecular flexibility index (Phi) is 2.62. The zero-order chi connectivity index (χ0) is 16.3. The molecule has 0 unspecified atom stereocenters. The molecule has 2 aliphatic heterocycles. The molecule has 7 nitrogen and oxygen atoms in total. The minimum absolute atomic E-state index is 0.0596. The molecule has 120 valence electrons. The van der Waals surface area contributed by atoms with E-state index in [1.54, 1.807) is 24.7 Å². The smallest absolute Gasteiger partial charge is 0.256 e. The van der Waals surface area contributed by atoms with E-state index in [4.69, 9.17) is 4.42 Å². The van der Waals surface area contributed by atoms with Gasteiger partial charge in [0.1, 0.15) is 17.8 Å². The normalized spacial score (nSPS) is 18.9. The number of amides is 1. The van der Waals surface area contributed by atoms with Gasteiger partial charge in [-0.1, -0.05) is 0 Å². The molecule has 4 heterocycles. The van der Waals surface area contributed by atoms with Gasteiger partial charge in [-0.2, -0.15) is 0 Å². The number of imidazole rings is 1. The number of carbonyl (C=O) groups excluding carboxylic acids is 1. The number of benzene rings is 1. The number of nitrogens with zero attached hydrogens (tertiary/aromatic N) is 4. The van der Waals surface area contributed by atoms with Crippen molar-refractivity contribution in [1.29, 1.82) is 0 Å². The molecular weight excluding hydrogens is 308 g/mol. The molecule has 1 fully saturated rings. The van der Waals surface area contributed by atoms with Crippen LogP contribution in [0.1, 0.15) is 34.9 Å². The number of oxazole rings is 1. The van der Waals surface area contributed by atoms with E-state index in [1.165, 1.54) is 12.5 Å². The third-order valence-corrected chi connectivity index (χ3v) is 4.77. The quantitative estimate of drug-likeness (QED) is 0.744. The Bertz CT molecular complexity index is 945. The van der Waals surface area contributed by atoms with E-state index in [1.807, 2.05) is 9.47 Å². The highest BCUT2D eigenvalue weighted by Crippen LogP contribution is 2.42. The van der Waals surface area contributed by atoms with Crippen LogP contribution in [-0.2, 0) is 0 Å². The molecule has 2 aliphatic rings. The van der Waals surface area contributed by atoms with E-state index >= 15 is 0 Å². The zero-order valence-corrected chi connectivity index (χ0v) is 12.7. The highest BCUT2D eigenvalue weighted by atomic mass is 16.3. The number of aromatic hydroxyl groups is 1. The summed E-state index contributed by atoms with van der Waals surface area (Å²) in [6.07, 6.45) is 6.52. The minimum atomic E-state index is -0.0605. The molecule has 2 aromatic heterocycles. The van der Waals surface area contributed by atoms with Gasteiger partial charge in [-0.25, -0.2) is 9.97 Å². The van der Waals surface area contributed by atoms with Crippen molar-refractivity contribution in [3.05, 3.63) is 48.4 Å². The Morgan fingerprint density at radius 3 is 3.08 bits per heavy atom. The van der Waals surface area contributed by atoms with Gasteiger partial charge in [0.25, 0.3) is 5.91 Å². The number of phenols is 1. The third-order valence-electron chi connectivity index (χ3n) is 4.77. The molecule has 0 bridgehead atoms. The van der Waals surface area contributed by atoms with E-state index in [0.717, 1.165) is 24.2 Å². The fraction of sp³-hybridized carbons (Fsp3) is 0.235. The van der Waals surface area contributed by atoms with Gasteiger partial charge in [-0.15, -0.1) is 0 Å². The second-order valence-electron chi connectivity index (χ2n) is 6.07. The van der Waals surface area contributed by atoms with Crippen molar-refractivity contribution >= 4 is 5.91 Å². The summed E-state index contributed by atoms with van der Waals surface area (Å²) in [4.78, 5) is 23.3. The molecule has 5 rings (SSSR count). The second-order valence-corrected chi connectivity index (χ2v) is 6.07. The van der Waals surface area contributed by atoms with Crippen LogP contribution in [0.15, 0.2) is 41.5 Å². The number of rotatable bonds is 1.